The van der Waals surface area contributed by atoms with E-state index < -0.39 is 0 Å². The zero-order valence-electron chi connectivity index (χ0n) is 14.7. The molecule has 2 aromatic carbocycles. The van der Waals surface area contributed by atoms with Crippen LogP contribution in [0.1, 0.15) is 49.2 Å². The van der Waals surface area contributed by atoms with Gasteiger partial charge in [-0.2, -0.15) is 0 Å². The first-order valence-electron chi connectivity index (χ1n) is 8.34. The molecule has 0 spiro atoms. The van der Waals surface area contributed by atoms with Gasteiger partial charge in [-0.15, -0.1) is 0 Å². The predicted octanol–water partition coefficient (Wildman–Crippen LogP) is 5.50. The van der Waals surface area contributed by atoms with Crippen molar-refractivity contribution in [2.24, 2.45) is 0 Å². The van der Waals surface area contributed by atoms with Crippen molar-refractivity contribution < 1.29 is 9.53 Å². The molecule has 0 heterocycles. The molecular formula is C20H24ClNO2. The van der Waals surface area contributed by atoms with Gasteiger partial charge >= 0.3 is 0 Å². The Morgan fingerprint density at radius 3 is 2.29 bits per heavy atom. The normalized spacial score (nSPS) is 10.8. The fourth-order valence-electron chi connectivity index (χ4n) is 2.61. The minimum atomic E-state index is -0.141. The molecule has 0 fully saturated rings. The fourth-order valence-corrected chi connectivity index (χ4v) is 2.90. The number of ether oxygens (including phenoxy) is 1. The maximum absolute atomic E-state index is 12.6. The lowest BCUT2D eigenvalue weighted by Crippen LogP contribution is -2.15. The number of hydrogen-bond acceptors (Lipinski definition) is 2. The minimum absolute atomic E-state index is 0.107. The Morgan fingerprint density at radius 1 is 1.08 bits per heavy atom. The van der Waals surface area contributed by atoms with Gasteiger partial charge in [0, 0.05) is 16.3 Å². The standard InChI is InChI=1S/C20H24ClNO2/c1-5-14-9-12-18(21)17(6-2)19(14)22-20(23)15-7-10-16(11-8-15)24-13(3)4/h7-13H,5-6H2,1-4H3,(H,22,23). The number of anilines is 1. The molecule has 0 unspecified atom stereocenters. The molecule has 0 aliphatic carbocycles. The first-order chi connectivity index (χ1) is 11.5. The highest BCUT2D eigenvalue weighted by Crippen LogP contribution is 2.30. The molecule has 4 heteroatoms. The third-order valence-corrected chi connectivity index (χ3v) is 4.16. The molecule has 1 N–H and O–H groups in total. The highest BCUT2D eigenvalue weighted by Gasteiger charge is 2.14. The van der Waals surface area contributed by atoms with E-state index in [9.17, 15) is 4.79 Å². The summed E-state index contributed by atoms with van der Waals surface area (Å²) in [5.41, 5.74) is 3.49. The van der Waals surface area contributed by atoms with Crippen LogP contribution < -0.4 is 10.1 Å². The molecule has 0 saturated carbocycles. The number of benzene rings is 2. The van der Waals surface area contributed by atoms with Crippen molar-refractivity contribution in [1.82, 2.24) is 0 Å². The van der Waals surface area contributed by atoms with Crippen molar-refractivity contribution in [3.8, 4) is 5.75 Å². The molecule has 2 aromatic rings. The summed E-state index contributed by atoms with van der Waals surface area (Å²) in [5.74, 6) is 0.616. The van der Waals surface area contributed by atoms with Crippen LogP contribution in [0.15, 0.2) is 36.4 Å². The lowest BCUT2D eigenvalue weighted by atomic mass is 10.0. The monoisotopic (exact) mass is 345 g/mol. The summed E-state index contributed by atoms with van der Waals surface area (Å²) in [6.45, 7) is 8.04. The van der Waals surface area contributed by atoms with Gasteiger partial charge in [0.25, 0.3) is 5.91 Å². The Balaban J connectivity index is 2.25. The predicted molar refractivity (Wildman–Crippen MR) is 100 cm³/mol. The summed E-state index contributed by atoms with van der Waals surface area (Å²) in [6, 6.07) is 11.0. The largest absolute Gasteiger partial charge is 0.491 e. The molecule has 128 valence electrons. The van der Waals surface area contributed by atoms with Gasteiger partial charge in [0.1, 0.15) is 5.75 Å². The van der Waals surface area contributed by atoms with Gasteiger partial charge < -0.3 is 10.1 Å². The Kier molecular flexibility index (Phi) is 6.27. The highest BCUT2D eigenvalue weighted by atomic mass is 35.5. The van der Waals surface area contributed by atoms with Crippen LogP contribution in [-0.2, 0) is 12.8 Å². The maximum atomic E-state index is 12.6. The maximum Gasteiger partial charge on any atom is 0.255 e. The van der Waals surface area contributed by atoms with Gasteiger partial charge in [-0.1, -0.05) is 31.5 Å². The Labute approximate surface area is 149 Å². The zero-order chi connectivity index (χ0) is 17.7. The summed E-state index contributed by atoms with van der Waals surface area (Å²) >= 11 is 6.29. The van der Waals surface area contributed by atoms with E-state index in [0.717, 1.165) is 35.4 Å². The second kappa shape index (κ2) is 8.20. The van der Waals surface area contributed by atoms with Crippen LogP contribution in [0.2, 0.25) is 5.02 Å². The zero-order valence-corrected chi connectivity index (χ0v) is 15.4. The Hall–Kier alpha value is -2.00. The summed E-state index contributed by atoms with van der Waals surface area (Å²) in [4.78, 5) is 12.6. The van der Waals surface area contributed by atoms with E-state index in [1.165, 1.54) is 0 Å². The summed E-state index contributed by atoms with van der Waals surface area (Å²) in [7, 11) is 0. The average molecular weight is 346 g/mol. The summed E-state index contributed by atoms with van der Waals surface area (Å²) < 4.78 is 5.61. The Morgan fingerprint density at radius 2 is 1.75 bits per heavy atom. The lowest BCUT2D eigenvalue weighted by molar-refractivity contribution is 0.102. The van der Waals surface area contributed by atoms with Crippen molar-refractivity contribution in [2.45, 2.75) is 46.6 Å². The van der Waals surface area contributed by atoms with Crippen LogP contribution in [0.3, 0.4) is 0 Å². The van der Waals surface area contributed by atoms with E-state index in [4.69, 9.17) is 16.3 Å². The van der Waals surface area contributed by atoms with Crippen molar-refractivity contribution >= 4 is 23.2 Å². The number of rotatable bonds is 6. The number of amides is 1. The van der Waals surface area contributed by atoms with E-state index in [2.05, 4.69) is 12.2 Å². The molecule has 2 rings (SSSR count). The van der Waals surface area contributed by atoms with Crippen LogP contribution in [-0.4, -0.2) is 12.0 Å². The van der Waals surface area contributed by atoms with Gasteiger partial charge in [-0.05, 0) is 68.1 Å². The first-order valence-corrected chi connectivity index (χ1v) is 8.72. The van der Waals surface area contributed by atoms with Crippen LogP contribution in [0, 0.1) is 0 Å². The molecule has 1 amide bonds. The van der Waals surface area contributed by atoms with Crippen molar-refractivity contribution in [2.75, 3.05) is 5.32 Å². The highest BCUT2D eigenvalue weighted by molar-refractivity contribution is 6.32. The van der Waals surface area contributed by atoms with Gasteiger partial charge in [0.15, 0.2) is 0 Å². The number of carbonyl (C=O) groups excluding carboxylic acids is 1. The average Bonchev–Trinajstić information content (AvgIpc) is 2.55. The van der Waals surface area contributed by atoms with E-state index in [1.807, 2.05) is 45.0 Å². The first kappa shape index (κ1) is 18.3. The second-order valence-corrected chi connectivity index (χ2v) is 6.32. The number of nitrogens with one attached hydrogen (secondary N) is 1. The molecule has 0 radical (unpaired) electrons. The molecule has 24 heavy (non-hydrogen) atoms. The molecular weight excluding hydrogens is 322 g/mol. The van der Waals surface area contributed by atoms with Gasteiger partial charge in [0.2, 0.25) is 0 Å². The van der Waals surface area contributed by atoms with Gasteiger partial charge in [0.05, 0.1) is 6.10 Å². The van der Waals surface area contributed by atoms with Crippen molar-refractivity contribution in [3.63, 3.8) is 0 Å². The number of carbonyl (C=O) groups is 1. The molecule has 0 bridgehead atoms. The number of halogens is 1. The number of aryl methyl sites for hydroxylation is 1. The van der Waals surface area contributed by atoms with E-state index in [1.54, 1.807) is 12.1 Å². The van der Waals surface area contributed by atoms with Crippen LogP contribution in [0.4, 0.5) is 5.69 Å². The van der Waals surface area contributed by atoms with E-state index in [0.29, 0.717) is 10.6 Å². The molecule has 3 nitrogen and oxygen atoms in total. The van der Waals surface area contributed by atoms with Gasteiger partial charge in [-0.25, -0.2) is 0 Å². The molecule has 0 saturated heterocycles. The van der Waals surface area contributed by atoms with Crippen LogP contribution >= 0.6 is 11.6 Å². The van der Waals surface area contributed by atoms with E-state index >= 15 is 0 Å². The fraction of sp³-hybridized carbons (Fsp3) is 0.350. The second-order valence-electron chi connectivity index (χ2n) is 5.91. The van der Waals surface area contributed by atoms with Gasteiger partial charge in [-0.3, -0.25) is 4.79 Å². The quantitative estimate of drug-likeness (QED) is 0.750. The smallest absolute Gasteiger partial charge is 0.255 e. The lowest BCUT2D eigenvalue weighted by Gasteiger charge is -2.16. The molecule has 0 aliphatic rings. The molecule has 0 aliphatic heterocycles. The minimum Gasteiger partial charge on any atom is -0.491 e. The molecule has 0 atom stereocenters. The summed E-state index contributed by atoms with van der Waals surface area (Å²) in [5, 5.41) is 3.72. The third-order valence-electron chi connectivity index (χ3n) is 3.80. The van der Waals surface area contributed by atoms with Crippen LogP contribution in [0.25, 0.3) is 0 Å². The SMILES string of the molecule is CCc1ccc(Cl)c(CC)c1NC(=O)c1ccc(OC(C)C)cc1. The van der Waals surface area contributed by atoms with Crippen LogP contribution in [0.5, 0.6) is 5.75 Å². The molecule has 0 aromatic heterocycles. The third kappa shape index (κ3) is 4.30. The number of hydrogen-bond donors (Lipinski definition) is 1. The van der Waals surface area contributed by atoms with E-state index in [-0.39, 0.29) is 12.0 Å². The summed E-state index contributed by atoms with van der Waals surface area (Å²) in [6.07, 6.45) is 1.71. The Bertz CT molecular complexity index is 708. The van der Waals surface area contributed by atoms with Crippen molar-refractivity contribution in [3.05, 3.63) is 58.1 Å². The van der Waals surface area contributed by atoms with Crippen molar-refractivity contribution in [1.29, 1.82) is 0 Å². The topological polar surface area (TPSA) is 38.3 Å².